The third-order valence-corrected chi connectivity index (χ3v) is 12.6. The Labute approximate surface area is 408 Å². The number of nitrogens with zero attached hydrogens (tertiary/aromatic N) is 9. The van der Waals surface area contributed by atoms with Crippen LogP contribution in [0.5, 0.6) is 0 Å². The largest absolute Gasteiger partial charge is 0.459 e. The van der Waals surface area contributed by atoms with Gasteiger partial charge in [-0.1, -0.05) is 48.5 Å². The highest BCUT2D eigenvalue weighted by Crippen LogP contribution is 2.23. The Morgan fingerprint density at radius 1 is 0.435 bits per heavy atom. The lowest BCUT2D eigenvalue weighted by atomic mass is 10.1. The summed E-state index contributed by atoms with van der Waals surface area (Å²) in [6, 6.07) is 30.7. The molecule has 0 amide bonds. The van der Waals surface area contributed by atoms with Crippen LogP contribution in [0.3, 0.4) is 0 Å². The number of imidazole rings is 2. The Hall–Kier alpha value is -7.72. The third-order valence-electron chi connectivity index (χ3n) is 12.6. The summed E-state index contributed by atoms with van der Waals surface area (Å²) in [6.07, 6.45) is 18.3. The molecule has 0 unspecified atom stereocenters. The summed E-state index contributed by atoms with van der Waals surface area (Å²) in [5, 5.41) is 0. The zero-order valence-electron chi connectivity index (χ0n) is 43.3. The molecule has 0 aliphatic carbocycles. The smallest absolute Gasteiger partial charge is 0.152 e. The Morgan fingerprint density at radius 2 is 0.942 bits per heavy atom. The average Bonchev–Trinajstić information content (AvgIpc) is 4.16. The summed E-state index contributed by atoms with van der Waals surface area (Å²) in [7, 11) is 6.08. The van der Waals surface area contributed by atoms with Crippen LogP contribution in [0.4, 0.5) is 0 Å². The second kappa shape index (κ2) is 22.9. The highest BCUT2D eigenvalue weighted by atomic mass is 16.3. The topological polar surface area (TPSA) is 89.4 Å². The molecule has 11 aromatic rings. The summed E-state index contributed by atoms with van der Waals surface area (Å²) >= 11 is 0. The highest BCUT2D eigenvalue weighted by molar-refractivity contribution is 5.77. The standard InChI is InChI=1S/C14H17N.C12H13N.C9H10N2.C9H9NO.C8H9N3.C7H11N/c1-10-6-5-7-11(2)14(10)15-8-12(3)13(4)9-15;1-10-8-13(9-11(10)2)12-6-4-3-5-7-12;1-7-10-8-5-3-4-6-9(8)11(7)2;1-6-7(2)11-8-4-3-5-10-9(6)8;1-6-10-7-5-9-4-3-8(7)11(6)2;1-6-4-8(3)5-7(6)2/h5-9H,1-4H3;3-9H,1-2H3;3-6H,1-2H3;2*3-5H,1-2H3;4-5H,1-3H3. The van der Waals surface area contributed by atoms with E-state index in [1.807, 2.05) is 91.3 Å². The number of aryl methyl sites for hydroxylation is 15. The van der Waals surface area contributed by atoms with Crippen molar-refractivity contribution >= 4 is 33.2 Å². The quantitative estimate of drug-likeness (QED) is 0.172. The minimum Gasteiger partial charge on any atom is -0.459 e. The lowest BCUT2D eigenvalue weighted by Gasteiger charge is -2.10. The predicted octanol–water partition coefficient (Wildman–Crippen LogP) is 14.1. The van der Waals surface area contributed by atoms with Crippen LogP contribution in [0.25, 0.3) is 44.5 Å². The van der Waals surface area contributed by atoms with E-state index in [0.29, 0.717) is 0 Å². The third kappa shape index (κ3) is 12.6. The van der Waals surface area contributed by atoms with Crippen molar-refractivity contribution in [3.05, 3.63) is 214 Å². The van der Waals surface area contributed by atoms with Crippen molar-refractivity contribution in [2.75, 3.05) is 0 Å². The SMILES string of the molecule is Cc1cn(-c2c(C)cccc2C)cc1C.Cc1cn(-c2ccccc2)cc1C.Cc1cn(C)cc1C.Cc1nc2ccccc2n1C.Cc1nc2cnccc2n1C.Cc1oc2cccnc2c1C. The minimum atomic E-state index is 0.877. The van der Waals surface area contributed by atoms with Gasteiger partial charge in [-0.15, -0.1) is 0 Å². The first kappa shape index (κ1) is 50.7. The molecule has 10 heteroatoms. The van der Waals surface area contributed by atoms with Crippen LogP contribution in [-0.4, -0.2) is 42.8 Å². The average molecular weight is 920 g/mol. The van der Waals surface area contributed by atoms with E-state index in [2.05, 4.69) is 184 Å². The van der Waals surface area contributed by atoms with Crippen molar-refractivity contribution in [3.8, 4) is 11.4 Å². The normalized spacial score (nSPS) is 10.5. The van der Waals surface area contributed by atoms with Crippen LogP contribution in [-0.2, 0) is 21.1 Å². The van der Waals surface area contributed by atoms with Gasteiger partial charge in [0.25, 0.3) is 0 Å². The lowest BCUT2D eigenvalue weighted by Crippen LogP contribution is -1.96. The molecule has 0 fully saturated rings. The van der Waals surface area contributed by atoms with Gasteiger partial charge >= 0.3 is 0 Å². The summed E-state index contributed by atoms with van der Waals surface area (Å²) < 4.78 is 16.0. The van der Waals surface area contributed by atoms with Crippen LogP contribution in [0.15, 0.2) is 151 Å². The minimum absolute atomic E-state index is 0.877. The van der Waals surface area contributed by atoms with Gasteiger partial charge in [0.2, 0.25) is 0 Å². The summed E-state index contributed by atoms with van der Waals surface area (Å²) in [5.74, 6) is 3.04. The maximum absolute atomic E-state index is 5.44. The van der Waals surface area contributed by atoms with Gasteiger partial charge in [-0.3, -0.25) is 9.97 Å². The molecule has 0 N–H and O–H groups in total. The molecule has 0 aliphatic rings. The number of rotatable bonds is 2. The first-order valence-electron chi connectivity index (χ1n) is 23.4. The van der Waals surface area contributed by atoms with Crippen molar-refractivity contribution in [1.29, 1.82) is 0 Å². The van der Waals surface area contributed by atoms with E-state index >= 15 is 0 Å². The molecule has 0 saturated heterocycles. The fourth-order valence-corrected chi connectivity index (χ4v) is 7.86. The maximum Gasteiger partial charge on any atom is 0.152 e. The number of hydrogen-bond acceptors (Lipinski definition) is 5. The summed E-state index contributed by atoms with van der Waals surface area (Å²) in [5.41, 5.74) is 20.7. The molecule has 8 heterocycles. The van der Waals surface area contributed by atoms with Gasteiger partial charge in [-0.25, -0.2) is 9.97 Å². The number of aromatic nitrogens is 9. The first-order valence-corrected chi connectivity index (χ1v) is 23.4. The molecular weight excluding hydrogens is 851 g/mol. The molecular formula is C59H69N9O. The van der Waals surface area contributed by atoms with Gasteiger partial charge < -0.3 is 27.3 Å². The van der Waals surface area contributed by atoms with Crippen LogP contribution < -0.4 is 0 Å². The Kier molecular flexibility index (Phi) is 16.8. The summed E-state index contributed by atoms with van der Waals surface area (Å²) in [6.45, 7) is 25.1. The van der Waals surface area contributed by atoms with Crippen molar-refractivity contribution in [2.45, 2.75) is 83.1 Å². The van der Waals surface area contributed by atoms with Gasteiger partial charge in [0, 0.05) is 82.0 Å². The van der Waals surface area contributed by atoms with Gasteiger partial charge in [0.1, 0.15) is 28.4 Å². The fourth-order valence-electron chi connectivity index (χ4n) is 7.86. The summed E-state index contributed by atoms with van der Waals surface area (Å²) in [4.78, 5) is 16.9. The first-order chi connectivity index (χ1) is 32.9. The molecule has 356 valence electrons. The molecule has 0 saturated carbocycles. The predicted molar refractivity (Wildman–Crippen MR) is 287 cm³/mol. The van der Waals surface area contributed by atoms with E-state index in [1.165, 1.54) is 61.4 Å². The molecule has 8 aromatic heterocycles. The number of benzene rings is 3. The number of furan rings is 1. The zero-order valence-corrected chi connectivity index (χ0v) is 43.3. The molecule has 11 rings (SSSR count). The number of pyridine rings is 2. The highest BCUT2D eigenvalue weighted by Gasteiger charge is 2.07. The maximum atomic E-state index is 5.44. The molecule has 0 spiro atoms. The van der Waals surface area contributed by atoms with Crippen LogP contribution in [0.2, 0.25) is 0 Å². The van der Waals surface area contributed by atoms with E-state index in [9.17, 15) is 0 Å². The van der Waals surface area contributed by atoms with Crippen molar-refractivity contribution in [3.63, 3.8) is 0 Å². The Bertz CT molecular complexity index is 3140. The van der Waals surface area contributed by atoms with E-state index in [-0.39, 0.29) is 0 Å². The van der Waals surface area contributed by atoms with E-state index < -0.39 is 0 Å². The van der Waals surface area contributed by atoms with Crippen LogP contribution in [0, 0.1) is 83.1 Å². The lowest BCUT2D eigenvalue weighted by molar-refractivity contribution is 0.575. The number of hydrogen-bond donors (Lipinski definition) is 0. The molecule has 0 atom stereocenters. The van der Waals surface area contributed by atoms with E-state index in [0.717, 1.165) is 50.6 Å². The molecule has 0 aliphatic heterocycles. The fraction of sp³-hybridized carbons (Fsp3) is 0.254. The number of fused-ring (bicyclic) bond motifs is 3. The molecule has 0 bridgehead atoms. The van der Waals surface area contributed by atoms with Crippen molar-refractivity contribution < 1.29 is 4.42 Å². The van der Waals surface area contributed by atoms with E-state index in [4.69, 9.17) is 4.42 Å². The molecule has 10 nitrogen and oxygen atoms in total. The van der Waals surface area contributed by atoms with Gasteiger partial charge in [0.05, 0.1) is 28.4 Å². The molecule has 3 aromatic carbocycles. The van der Waals surface area contributed by atoms with Gasteiger partial charge in [0.15, 0.2) is 5.58 Å². The van der Waals surface area contributed by atoms with Crippen molar-refractivity contribution in [2.24, 2.45) is 21.1 Å². The number of para-hydroxylation sites is 4. The Morgan fingerprint density at radius 3 is 1.46 bits per heavy atom. The van der Waals surface area contributed by atoms with Crippen LogP contribution >= 0.6 is 0 Å². The zero-order chi connectivity index (χ0) is 49.9. The van der Waals surface area contributed by atoms with Gasteiger partial charge in [-0.05, 0) is 170 Å². The van der Waals surface area contributed by atoms with Gasteiger partial charge in [-0.2, -0.15) is 0 Å². The second-order valence-corrected chi connectivity index (χ2v) is 17.9. The van der Waals surface area contributed by atoms with Crippen molar-refractivity contribution in [1.82, 2.24) is 42.8 Å². The van der Waals surface area contributed by atoms with E-state index in [1.54, 1.807) is 18.6 Å². The molecule has 0 radical (unpaired) electrons. The van der Waals surface area contributed by atoms with Crippen LogP contribution in [0.1, 0.15) is 67.5 Å². The monoisotopic (exact) mass is 920 g/mol. The second-order valence-electron chi connectivity index (χ2n) is 17.9. The molecule has 69 heavy (non-hydrogen) atoms. The Balaban J connectivity index is 0.000000137.